The number of anilines is 1. The van der Waals surface area contributed by atoms with Crippen molar-refractivity contribution in [2.24, 2.45) is 0 Å². The SMILES string of the molecule is CNCc1cccnc1N1CCCC1C. The fourth-order valence-corrected chi connectivity index (χ4v) is 2.27. The van der Waals surface area contributed by atoms with E-state index in [0.717, 1.165) is 18.9 Å². The van der Waals surface area contributed by atoms with Gasteiger partial charge in [-0.3, -0.25) is 0 Å². The average Bonchev–Trinajstić information content (AvgIpc) is 2.66. The third-order valence-electron chi connectivity index (χ3n) is 3.06. The van der Waals surface area contributed by atoms with Gasteiger partial charge in [-0.15, -0.1) is 0 Å². The first-order valence-electron chi connectivity index (χ1n) is 5.68. The van der Waals surface area contributed by atoms with Gasteiger partial charge in [-0.05, 0) is 32.9 Å². The van der Waals surface area contributed by atoms with Crippen molar-refractivity contribution in [3.05, 3.63) is 23.9 Å². The zero-order valence-corrected chi connectivity index (χ0v) is 9.53. The van der Waals surface area contributed by atoms with Gasteiger partial charge in [0.2, 0.25) is 0 Å². The maximum Gasteiger partial charge on any atom is 0.133 e. The summed E-state index contributed by atoms with van der Waals surface area (Å²) in [5, 5.41) is 3.20. The molecule has 1 aromatic rings. The molecule has 1 aliphatic rings. The maximum absolute atomic E-state index is 4.52. The number of rotatable bonds is 3. The molecule has 1 unspecified atom stereocenters. The summed E-state index contributed by atoms with van der Waals surface area (Å²) in [7, 11) is 1.98. The molecule has 0 radical (unpaired) electrons. The van der Waals surface area contributed by atoms with Crippen LogP contribution in [0.2, 0.25) is 0 Å². The van der Waals surface area contributed by atoms with E-state index in [0.29, 0.717) is 6.04 Å². The van der Waals surface area contributed by atoms with Gasteiger partial charge in [0.05, 0.1) is 0 Å². The number of pyridine rings is 1. The topological polar surface area (TPSA) is 28.2 Å². The van der Waals surface area contributed by atoms with Crippen molar-refractivity contribution >= 4 is 5.82 Å². The molecule has 0 aromatic carbocycles. The Morgan fingerprint density at radius 3 is 3.13 bits per heavy atom. The van der Waals surface area contributed by atoms with Crippen LogP contribution in [0.15, 0.2) is 18.3 Å². The van der Waals surface area contributed by atoms with Crippen LogP contribution in [-0.4, -0.2) is 24.6 Å². The first kappa shape index (κ1) is 10.4. The summed E-state index contributed by atoms with van der Waals surface area (Å²) < 4.78 is 0. The second kappa shape index (κ2) is 4.62. The Balaban J connectivity index is 2.25. The van der Waals surface area contributed by atoms with Crippen LogP contribution >= 0.6 is 0 Å². The van der Waals surface area contributed by atoms with Crippen molar-refractivity contribution in [2.45, 2.75) is 32.4 Å². The average molecular weight is 205 g/mol. The Labute approximate surface area is 91.5 Å². The van der Waals surface area contributed by atoms with Crippen molar-refractivity contribution in [3.8, 4) is 0 Å². The Bertz CT molecular complexity index is 324. The smallest absolute Gasteiger partial charge is 0.133 e. The van der Waals surface area contributed by atoms with Crippen molar-refractivity contribution < 1.29 is 0 Å². The Morgan fingerprint density at radius 1 is 1.60 bits per heavy atom. The van der Waals surface area contributed by atoms with E-state index in [4.69, 9.17) is 0 Å². The molecule has 0 bridgehead atoms. The van der Waals surface area contributed by atoms with E-state index in [-0.39, 0.29) is 0 Å². The monoisotopic (exact) mass is 205 g/mol. The molecule has 2 rings (SSSR count). The van der Waals surface area contributed by atoms with Crippen LogP contribution in [0, 0.1) is 0 Å². The minimum Gasteiger partial charge on any atom is -0.354 e. The number of nitrogens with one attached hydrogen (secondary N) is 1. The minimum absolute atomic E-state index is 0.635. The number of hydrogen-bond acceptors (Lipinski definition) is 3. The fraction of sp³-hybridized carbons (Fsp3) is 0.583. The summed E-state index contributed by atoms with van der Waals surface area (Å²) in [4.78, 5) is 6.94. The number of aromatic nitrogens is 1. The molecule has 1 saturated heterocycles. The Morgan fingerprint density at radius 2 is 2.47 bits per heavy atom. The lowest BCUT2D eigenvalue weighted by atomic mass is 10.2. The van der Waals surface area contributed by atoms with E-state index in [1.54, 1.807) is 0 Å². The predicted octanol–water partition coefficient (Wildman–Crippen LogP) is 1.79. The highest BCUT2D eigenvalue weighted by molar-refractivity contribution is 5.48. The first-order chi connectivity index (χ1) is 7.33. The highest BCUT2D eigenvalue weighted by atomic mass is 15.2. The summed E-state index contributed by atoms with van der Waals surface area (Å²) in [5.41, 5.74) is 1.30. The van der Waals surface area contributed by atoms with Crippen LogP contribution < -0.4 is 10.2 Å². The lowest BCUT2D eigenvalue weighted by Gasteiger charge is -2.24. The predicted molar refractivity (Wildman–Crippen MR) is 63.0 cm³/mol. The first-order valence-corrected chi connectivity index (χ1v) is 5.68. The molecular weight excluding hydrogens is 186 g/mol. The van der Waals surface area contributed by atoms with Crippen molar-refractivity contribution in [3.63, 3.8) is 0 Å². The van der Waals surface area contributed by atoms with Gasteiger partial charge in [0.25, 0.3) is 0 Å². The van der Waals surface area contributed by atoms with E-state index >= 15 is 0 Å². The van der Waals surface area contributed by atoms with Crippen LogP contribution in [0.4, 0.5) is 5.82 Å². The van der Waals surface area contributed by atoms with E-state index in [9.17, 15) is 0 Å². The van der Waals surface area contributed by atoms with Gasteiger partial charge in [-0.2, -0.15) is 0 Å². The Hall–Kier alpha value is -1.09. The van der Waals surface area contributed by atoms with Crippen LogP contribution in [0.1, 0.15) is 25.3 Å². The number of hydrogen-bond donors (Lipinski definition) is 1. The van der Waals surface area contributed by atoms with E-state index < -0.39 is 0 Å². The lowest BCUT2D eigenvalue weighted by molar-refractivity contribution is 0.716. The standard InChI is InChI=1S/C12H19N3/c1-10-5-4-8-15(10)12-11(9-13-2)6-3-7-14-12/h3,6-7,10,13H,4-5,8-9H2,1-2H3. The molecular formula is C12H19N3. The summed E-state index contributed by atoms with van der Waals surface area (Å²) in [6.45, 7) is 4.33. The zero-order chi connectivity index (χ0) is 10.7. The van der Waals surface area contributed by atoms with Gasteiger partial charge in [0.15, 0.2) is 0 Å². The third-order valence-corrected chi connectivity index (χ3v) is 3.06. The quantitative estimate of drug-likeness (QED) is 0.815. The van der Waals surface area contributed by atoms with Gasteiger partial charge < -0.3 is 10.2 Å². The molecule has 1 atom stereocenters. The third kappa shape index (κ3) is 2.12. The molecule has 0 saturated carbocycles. The van der Waals surface area contributed by atoms with Crippen LogP contribution in [0.3, 0.4) is 0 Å². The molecule has 1 aliphatic heterocycles. The molecule has 0 aliphatic carbocycles. The van der Waals surface area contributed by atoms with E-state index in [1.165, 1.54) is 18.4 Å². The molecule has 1 fully saturated rings. The molecule has 3 nitrogen and oxygen atoms in total. The second-order valence-electron chi connectivity index (χ2n) is 4.20. The molecule has 3 heteroatoms. The second-order valence-corrected chi connectivity index (χ2v) is 4.20. The molecule has 2 heterocycles. The molecule has 82 valence electrons. The summed E-state index contributed by atoms with van der Waals surface area (Å²) in [6, 6.07) is 4.80. The molecule has 15 heavy (non-hydrogen) atoms. The zero-order valence-electron chi connectivity index (χ0n) is 9.53. The van der Waals surface area contributed by atoms with Gasteiger partial charge in [-0.25, -0.2) is 4.98 Å². The largest absolute Gasteiger partial charge is 0.354 e. The summed E-state index contributed by atoms with van der Waals surface area (Å²) >= 11 is 0. The molecule has 1 aromatic heterocycles. The highest BCUT2D eigenvalue weighted by Crippen LogP contribution is 2.26. The van der Waals surface area contributed by atoms with Gasteiger partial charge in [0, 0.05) is 30.9 Å². The van der Waals surface area contributed by atoms with Crippen LogP contribution in [-0.2, 0) is 6.54 Å². The highest BCUT2D eigenvalue weighted by Gasteiger charge is 2.23. The fourth-order valence-electron chi connectivity index (χ4n) is 2.27. The van der Waals surface area contributed by atoms with Crippen molar-refractivity contribution in [2.75, 3.05) is 18.5 Å². The normalized spacial score (nSPS) is 20.9. The van der Waals surface area contributed by atoms with Crippen LogP contribution in [0.25, 0.3) is 0 Å². The maximum atomic E-state index is 4.52. The number of nitrogens with zero attached hydrogens (tertiary/aromatic N) is 2. The molecule has 1 N–H and O–H groups in total. The minimum atomic E-state index is 0.635. The summed E-state index contributed by atoms with van der Waals surface area (Å²) in [6.07, 6.45) is 4.46. The summed E-state index contributed by atoms with van der Waals surface area (Å²) in [5.74, 6) is 1.16. The van der Waals surface area contributed by atoms with Crippen molar-refractivity contribution in [1.82, 2.24) is 10.3 Å². The van der Waals surface area contributed by atoms with E-state index in [1.807, 2.05) is 19.3 Å². The van der Waals surface area contributed by atoms with Crippen LogP contribution in [0.5, 0.6) is 0 Å². The Kier molecular flexibility index (Phi) is 3.21. The van der Waals surface area contributed by atoms with Gasteiger partial charge in [-0.1, -0.05) is 6.07 Å². The van der Waals surface area contributed by atoms with Gasteiger partial charge >= 0.3 is 0 Å². The molecule has 0 amide bonds. The molecule has 0 spiro atoms. The lowest BCUT2D eigenvalue weighted by Crippen LogP contribution is -2.28. The van der Waals surface area contributed by atoms with Crippen molar-refractivity contribution in [1.29, 1.82) is 0 Å². The van der Waals surface area contributed by atoms with E-state index in [2.05, 4.69) is 28.2 Å². The van der Waals surface area contributed by atoms with Gasteiger partial charge in [0.1, 0.15) is 5.82 Å².